The van der Waals surface area contributed by atoms with Crippen LogP contribution in [0, 0.1) is 6.92 Å². The molecule has 0 radical (unpaired) electrons. The summed E-state index contributed by atoms with van der Waals surface area (Å²) in [6.07, 6.45) is 0. The lowest BCUT2D eigenvalue weighted by Gasteiger charge is -2.22. The van der Waals surface area contributed by atoms with Gasteiger partial charge in [-0.3, -0.25) is 9.69 Å². The Morgan fingerprint density at radius 1 is 1.56 bits per heavy atom. The molecule has 0 aromatic heterocycles. The molecule has 1 aromatic rings. The molecule has 0 fully saturated rings. The van der Waals surface area contributed by atoms with Crippen LogP contribution in [0.3, 0.4) is 0 Å². The van der Waals surface area contributed by atoms with E-state index >= 15 is 0 Å². The summed E-state index contributed by atoms with van der Waals surface area (Å²) in [7, 11) is 1.79. The van der Waals surface area contributed by atoms with Crippen molar-refractivity contribution in [3.05, 3.63) is 28.8 Å². The van der Waals surface area contributed by atoms with Crippen molar-refractivity contribution in [2.75, 3.05) is 25.5 Å². The molecular weight excluding hydrogens is 252 g/mol. The molecule has 1 unspecified atom stereocenters. The molecule has 0 bridgehead atoms. The summed E-state index contributed by atoms with van der Waals surface area (Å²) in [6, 6.07) is 5.42. The summed E-state index contributed by atoms with van der Waals surface area (Å²) in [4.78, 5) is 13.6. The number of rotatable bonds is 5. The largest absolute Gasteiger partial charge is 0.395 e. The first-order valence-corrected chi connectivity index (χ1v) is 6.19. The summed E-state index contributed by atoms with van der Waals surface area (Å²) < 4.78 is 0. The fourth-order valence-electron chi connectivity index (χ4n) is 1.43. The second kappa shape index (κ2) is 6.73. The van der Waals surface area contributed by atoms with Gasteiger partial charge in [0.05, 0.1) is 23.9 Å². The Labute approximate surface area is 113 Å². The third kappa shape index (κ3) is 4.29. The van der Waals surface area contributed by atoms with Crippen LogP contribution in [-0.2, 0) is 4.79 Å². The summed E-state index contributed by atoms with van der Waals surface area (Å²) in [5.41, 5.74) is 1.65. The van der Waals surface area contributed by atoms with Gasteiger partial charge in [-0.05, 0) is 38.6 Å². The lowest BCUT2D eigenvalue weighted by molar-refractivity contribution is -0.117. The van der Waals surface area contributed by atoms with Crippen molar-refractivity contribution in [3.8, 4) is 0 Å². The zero-order valence-electron chi connectivity index (χ0n) is 10.9. The zero-order chi connectivity index (χ0) is 13.7. The molecule has 0 aliphatic heterocycles. The Balaban J connectivity index is 2.59. The number of carbonyl (C=O) groups excluding carboxylic acids is 1. The number of likely N-dealkylation sites (N-methyl/N-ethyl adjacent to an activating group) is 1. The van der Waals surface area contributed by atoms with E-state index in [-0.39, 0.29) is 25.1 Å². The number of aliphatic hydroxyl groups is 1. The van der Waals surface area contributed by atoms with Gasteiger partial charge in [-0.15, -0.1) is 0 Å². The van der Waals surface area contributed by atoms with E-state index in [0.29, 0.717) is 10.7 Å². The Hall–Kier alpha value is -1.10. The van der Waals surface area contributed by atoms with Gasteiger partial charge in [0.25, 0.3) is 0 Å². The molecule has 4 nitrogen and oxygen atoms in total. The van der Waals surface area contributed by atoms with Crippen LogP contribution in [0.25, 0.3) is 0 Å². The van der Waals surface area contributed by atoms with E-state index in [9.17, 15) is 4.79 Å². The molecule has 100 valence electrons. The van der Waals surface area contributed by atoms with E-state index in [1.165, 1.54) is 0 Å². The van der Waals surface area contributed by atoms with Crippen molar-refractivity contribution in [1.29, 1.82) is 0 Å². The molecule has 0 saturated carbocycles. The number of amides is 1. The zero-order valence-corrected chi connectivity index (χ0v) is 11.7. The lowest BCUT2D eigenvalue weighted by Crippen LogP contribution is -2.38. The van der Waals surface area contributed by atoms with Crippen LogP contribution in [0.15, 0.2) is 18.2 Å². The van der Waals surface area contributed by atoms with Crippen molar-refractivity contribution in [3.63, 3.8) is 0 Å². The van der Waals surface area contributed by atoms with E-state index in [1.807, 2.05) is 19.9 Å². The van der Waals surface area contributed by atoms with E-state index in [2.05, 4.69) is 5.32 Å². The molecule has 1 amide bonds. The Morgan fingerprint density at radius 2 is 2.22 bits per heavy atom. The topological polar surface area (TPSA) is 52.6 Å². The predicted molar refractivity (Wildman–Crippen MR) is 74.0 cm³/mol. The number of aliphatic hydroxyl groups excluding tert-OH is 1. The van der Waals surface area contributed by atoms with E-state index in [4.69, 9.17) is 16.7 Å². The number of benzene rings is 1. The van der Waals surface area contributed by atoms with Gasteiger partial charge >= 0.3 is 0 Å². The third-order valence-corrected chi connectivity index (χ3v) is 3.12. The number of halogens is 1. The molecule has 0 aliphatic carbocycles. The molecule has 1 atom stereocenters. The highest BCUT2D eigenvalue weighted by Gasteiger charge is 2.13. The standard InChI is InChI=1S/C13H19ClN2O2/c1-9-4-5-12(11(14)6-9)15-13(18)7-16(3)10(2)8-17/h4-6,10,17H,7-8H2,1-3H3,(H,15,18). The molecule has 1 rings (SSSR count). The first-order valence-electron chi connectivity index (χ1n) is 5.81. The van der Waals surface area contributed by atoms with E-state index < -0.39 is 0 Å². The minimum Gasteiger partial charge on any atom is -0.395 e. The molecule has 1 aromatic carbocycles. The minimum absolute atomic E-state index is 0.0229. The summed E-state index contributed by atoms with van der Waals surface area (Å²) >= 11 is 6.03. The maximum Gasteiger partial charge on any atom is 0.238 e. The number of nitrogens with zero attached hydrogens (tertiary/aromatic N) is 1. The second-order valence-corrected chi connectivity index (χ2v) is 4.89. The van der Waals surface area contributed by atoms with Gasteiger partial charge in [0.1, 0.15) is 0 Å². The van der Waals surface area contributed by atoms with Gasteiger partial charge in [0.15, 0.2) is 0 Å². The molecule has 0 saturated heterocycles. The SMILES string of the molecule is Cc1ccc(NC(=O)CN(C)C(C)CO)c(Cl)c1. The molecule has 18 heavy (non-hydrogen) atoms. The maximum absolute atomic E-state index is 11.8. The van der Waals surface area contributed by atoms with Gasteiger partial charge in [0.2, 0.25) is 5.91 Å². The van der Waals surface area contributed by atoms with Crippen LogP contribution in [0.2, 0.25) is 5.02 Å². The molecule has 2 N–H and O–H groups in total. The normalized spacial score (nSPS) is 12.6. The van der Waals surface area contributed by atoms with Crippen molar-refractivity contribution in [2.45, 2.75) is 19.9 Å². The fourth-order valence-corrected chi connectivity index (χ4v) is 1.72. The van der Waals surface area contributed by atoms with Crippen molar-refractivity contribution < 1.29 is 9.90 Å². The van der Waals surface area contributed by atoms with Gasteiger partial charge in [0, 0.05) is 6.04 Å². The summed E-state index contributed by atoms with van der Waals surface area (Å²) in [5.74, 6) is -0.149. The highest BCUT2D eigenvalue weighted by molar-refractivity contribution is 6.33. The first-order chi connectivity index (χ1) is 8.43. The van der Waals surface area contributed by atoms with Crippen LogP contribution >= 0.6 is 11.6 Å². The minimum atomic E-state index is -0.149. The number of anilines is 1. The summed E-state index contributed by atoms with van der Waals surface area (Å²) in [6.45, 7) is 4.03. The molecule has 0 spiro atoms. The van der Waals surface area contributed by atoms with Gasteiger partial charge in [-0.1, -0.05) is 17.7 Å². The van der Waals surface area contributed by atoms with Gasteiger partial charge < -0.3 is 10.4 Å². The maximum atomic E-state index is 11.8. The number of hydrogen-bond acceptors (Lipinski definition) is 3. The van der Waals surface area contributed by atoms with Crippen molar-refractivity contribution in [2.24, 2.45) is 0 Å². The molecule has 0 heterocycles. The monoisotopic (exact) mass is 270 g/mol. The summed E-state index contributed by atoms with van der Waals surface area (Å²) in [5, 5.41) is 12.3. The number of carbonyl (C=O) groups is 1. The first kappa shape index (κ1) is 15.0. The van der Waals surface area contributed by atoms with E-state index in [1.54, 1.807) is 24.1 Å². The van der Waals surface area contributed by atoms with Crippen LogP contribution < -0.4 is 5.32 Å². The highest BCUT2D eigenvalue weighted by Crippen LogP contribution is 2.22. The van der Waals surface area contributed by atoms with Crippen LogP contribution in [0.1, 0.15) is 12.5 Å². The molecule has 0 aliphatic rings. The quantitative estimate of drug-likeness (QED) is 0.859. The average molecular weight is 271 g/mol. The molecule has 5 heteroatoms. The Morgan fingerprint density at radius 3 is 2.78 bits per heavy atom. The van der Waals surface area contributed by atoms with Crippen LogP contribution in [0.4, 0.5) is 5.69 Å². The lowest BCUT2D eigenvalue weighted by atomic mass is 10.2. The number of hydrogen-bond donors (Lipinski definition) is 2. The second-order valence-electron chi connectivity index (χ2n) is 4.48. The smallest absolute Gasteiger partial charge is 0.238 e. The number of aryl methyl sites for hydroxylation is 1. The predicted octanol–water partition coefficient (Wildman–Crippen LogP) is 1.90. The third-order valence-electron chi connectivity index (χ3n) is 2.81. The number of nitrogens with one attached hydrogen (secondary N) is 1. The van der Waals surface area contributed by atoms with Crippen molar-refractivity contribution in [1.82, 2.24) is 4.90 Å². The highest BCUT2D eigenvalue weighted by atomic mass is 35.5. The molecular formula is C13H19ClN2O2. The average Bonchev–Trinajstić information content (AvgIpc) is 2.31. The van der Waals surface area contributed by atoms with Gasteiger partial charge in [-0.2, -0.15) is 0 Å². The van der Waals surface area contributed by atoms with Crippen LogP contribution in [0.5, 0.6) is 0 Å². The Bertz CT molecular complexity index is 423. The van der Waals surface area contributed by atoms with Crippen molar-refractivity contribution >= 4 is 23.2 Å². The Kier molecular flexibility index (Phi) is 5.59. The van der Waals surface area contributed by atoms with Gasteiger partial charge in [-0.25, -0.2) is 0 Å². The van der Waals surface area contributed by atoms with Crippen LogP contribution in [-0.4, -0.2) is 42.2 Å². The van der Waals surface area contributed by atoms with E-state index in [0.717, 1.165) is 5.56 Å². The fraction of sp³-hybridized carbons (Fsp3) is 0.462.